The van der Waals surface area contributed by atoms with Gasteiger partial charge in [-0.2, -0.15) is 4.31 Å². The zero-order valence-electron chi connectivity index (χ0n) is 18.9. The molecule has 1 heterocycles. The van der Waals surface area contributed by atoms with Gasteiger partial charge in [-0.3, -0.25) is 9.59 Å². The summed E-state index contributed by atoms with van der Waals surface area (Å²) in [5.74, 6) is 0.279. The lowest BCUT2D eigenvalue weighted by atomic mass is 9.87. The molecule has 2 N–H and O–H groups in total. The molecule has 1 aromatic carbocycles. The Kier molecular flexibility index (Phi) is 8.11. The molecule has 7 nitrogen and oxygen atoms in total. The topological polar surface area (TPSA) is 95.6 Å². The number of benzene rings is 1. The summed E-state index contributed by atoms with van der Waals surface area (Å²) in [5.41, 5.74) is 0.0163. The first-order chi connectivity index (χ1) is 15.2. The Hall–Kier alpha value is -2.19. The van der Waals surface area contributed by atoms with Crippen LogP contribution in [0.3, 0.4) is 0 Å². The molecule has 1 aliphatic carbocycles. The van der Waals surface area contributed by atoms with Gasteiger partial charge in [-0.25, -0.2) is 8.42 Å². The first kappa shape index (κ1) is 24.5. The molecule has 0 atom stereocenters. The van der Waals surface area contributed by atoms with Crippen LogP contribution in [0.1, 0.15) is 68.6 Å². The van der Waals surface area contributed by atoms with Gasteiger partial charge in [0.05, 0.1) is 4.90 Å². The summed E-state index contributed by atoms with van der Waals surface area (Å²) in [6.07, 6.45) is 9.66. The van der Waals surface area contributed by atoms with Gasteiger partial charge >= 0.3 is 0 Å². The van der Waals surface area contributed by atoms with Crippen molar-refractivity contribution in [2.24, 2.45) is 5.92 Å². The van der Waals surface area contributed by atoms with E-state index in [0.29, 0.717) is 44.0 Å². The quantitative estimate of drug-likeness (QED) is 0.581. The van der Waals surface area contributed by atoms with Crippen LogP contribution in [0.15, 0.2) is 41.8 Å². The molecule has 0 unspecified atom stereocenters. The SMILES string of the molecule is C=CC(=O)NC1(C)CCN(S(=O)(=O)c2ccc(C(=O)NCCC3CCCCC3)cc2)CC1. The van der Waals surface area contributed by atoms with E-state index in [0.717, 1.165) is 6.42 Å². The van der Waals surface area contributed by atoms with Gasteiger partial charge in [0.15, 0.2) is 0 Å². The van der Waals surface area contributed by atoms with Gasteiger partial charge < -0.3 is 10.6 Å². The second-order valence-electron chi connectivity index (χ2n) is 9.23. The molecule has 8 heteroatoms. The lowest BCUT2D eigenvalue weighted by Gasteiger charge is -2.39. The normalized spacial score (nSPS) is 19.8. The van der Waals surface area contributed by atoms with E-state index in [4.69, 9.17) is 0 Å². The lowest BCUT2D eigenvalue weighted by molar-refractivity contribution is -0.118. The Morgan fingerprint density at radius 3 is 2.34 bits per heavy atom. The van der Waals surface area contributed by atoms with Crippen LogP contribution in [0.2, 0.25) is 0 Å². The fraction of sp³-hybridized carbons (Fsp3) is 0.583. The van der Waals surface area contributed by atoms with Gasteiger partial charge in [0.25, 0.3) is 5.91 Å². The molecule has 0 aromatic heterocycles. The Balaban J connectivity index is 1.53. The number of hydrogen-bond acceptors (Lipinski definition) is 4. The van der Waals surface area contributed by atoms with Gasteiger partial charge in [-0.05, 0) is 62.4 Å². The van der Waals surface area contributed by atoms with Crippen LogP contribution in [-0.2, 0) is 14.8 Å². The van der Waals surface area contributed by atoms with Gasteiger partial charge in [0, 0.05) is 30.7 Å². The number of carbonyl (C=O) groups excluding carboxylic acids is 2. The molecule has 2 fully saturated rings. The molecule has 1 saturated carbocycles. The number of sulfonamides is 1. The zero-order valence-corrected chi connectivity index (χ0v) is 19.8. The molecule has 1 saturated heterocycles. The summed E-state index contributed by atoms with van der Waals surface area (Å²) < 4.78 is 27.5. The summed E-state index contributed by atoms with van der Waals surface area (Å²) in [7, 11) is -3.65. The van der Waals surface area contributed by atoms with Gasteiger partial charge in [-0.15, -0.1) is 0 Å². The van der Waals surface area contributed by atoms with E-state index in [1.165, 1.54) is 54.6 Å². The van der Waals surface area contributed by atoms with Crippen LogP contribution in [0.25, 0.3) is 0 Å². The van der Waals surface area contributed by atoms with E-state index in [1.807, 2.05) is 6.92 Å². The molecule has 176 valence electrons. The Bertz CT molecular complexity index is 913. The summed E-state index contributed by atoms with van der Waals surface area (Å²) in [4.78, 5) is 24.2. The van der Waals surface area contributed by atoms with E-state index < -0.39 is 15.6 Å². The highest BCUT2D eigenvalue weighted by Gasteiger charge is 2.36. The van der Waals surface area contributed by atoms with Crippen molar-refractivity contribution < 1.29 is 18.0 Å². The third-order valence-electron chi connectivity index (χ3n) is 6.75. The first-order valence-electron chi connectivity index (χ1n) is 11.6. The number of carbonyl (C=O) groups is 2. The molecule has 0 radical (unpaired) electrons. The van der Waals surface area contributed by atoms with Gasteiger partial charge in [0.1, 0.15) is 0 Å². The highest BCUT2D eigenvalue weighted by molar-refractivity contribution is 7.89. The van der Waals surface area contributed by atoms with Crippen LogP contribution in [-0.4, -0.2) is 49.7 Å². The predicted molar refractivity (Wildman–Crippen MR) is 125 cm³/mol. The van der Waals surface area contributed by atoms with Crippen LogP contribution in [0.4, 0.5) is 0 Å². The number of nitrogens with one attached hydrogen (secondary N) is 2. The number of nitrogens with zero attached hydrogens (tertiary/aromatic N) is 1. The van der Waals surface area contributed by atoms with Crippen molar-refractivity contribution in [3.63, 3.8) is 0 Å². The Labute approximate surface area is 191 Å². The minimum absolute atomic E-state index is 0.170. The van der Waals surface area contributed by atoms with Gasteiger partial charge in [-0.1, -0.05) is 38.7 Å². The van der Waals surface area contributed by atoms with E-state index in [-0.39, 0.29) is 16.7 Å². The van der Waals surface area contributed by atoms with Crippen molar-refractivity contribution in [3.05, 3.63) is 42.5 Å². The maximum atomic E-state index is 13.0. The highest BCUT2D eigenvalue weighted by Crippen LogP contribution is 2.27. The van der Waals surface area contributed by atoms with E-state index >= 15 is 0 Å². The predicted octanol–water partition coefficient (Wildman–Crippen LogP) is 3.23. The second kappa shape index (κ2) is 10.6. The molecule has 1 aromatic rings. The molecule has 0 bridgehead atoms. The zero-order chi connectivity index (χ0) is 23.2. The van der Waals surface area contributed by atoms with Crippen molar-refractivity contribution in [1.82, 2.24) is 14.9 Å². The van der Waals surface area contributed by atoms with Crippen LogP contribution in [0, 0.1) is 5.92 Å². The van der Waals surface area contributed by atoms with Gasteiger partial charge in [0.2, 0.25) is 15.9 Å². The monoisotopic (exact) mass is 461 g/mol. The lowest BCUT2D eigenvalue weighted by Crippen LogP contribution is -2.53. The maximum Gasteiger partial charge on any atom is 0.251 e. The van der Waals surface area contributed by atoms with Crippen molar-refractivity contribution in [2.45, 2.75) is 68.7 Å². The average Bonchev–Trinajstić information content (AvgIpc) is 2.79. The molecule has 2 amide bonds. The fourth-order valence-corrected chi connectivity index (χ4v) is 6.03. The number of rotatable bonds is 8. The van der Waals surface area contributed by atoms with E-state index in [1.54, 1.807) is 12.1 Å². The standard InChI is InChI=1S/C24H35N3O4S/c1-3-22(28)26-24(2)14-17-27(18-15-24)32(30,31)21-11-9-20(10-12-21)23(29)25-16-13-19-7-5-4-6-8-19/h3,9-12,19H,1,4-8,13-18H2,2H3,(H,25,29)(H,26,28). The van der Waals surface area contributed by atoms with E-state index in [9.17, 15) is 18.0 Å². The van der Waals surface area contributed by atoms with E-state index in [2.05, 4.69) is 17.2 Å². The van der Waals surface area contributed by atoms with Crippen molar-refractivity contribution in [2.75, 3.05) is 19.6 Å². The van der Waals surface area contributed by atoms with Crippen molar-refractivity contribution in [3.8, 4) is 0 Å². The smallest absolute Gasteiger partial charge is 0.251 e. The van der Waals surface area contributed by atoms with Crippen LogP contribution >= 0.6 is 0 Å². The molecule has 3 rings (SSSR count). The molecule has 1 aliphatic heterocycles. The minimum atomic E-state index is -3.65. The second-order valence-corrected chi connectivity index (χ2v) is 11.2. The molecule has 32 heavy (non-hydrogen) atoms. The summed E-state index contributed by atoms with van der Waals surface area (Å²) >= 11 is 0. The first-order valence-corrected chi connectivity index (χ1v) is 13.0. The molecule has 0 spiro atoms. The molecular weight excluding hydrogens is 426 g/mol. The largest absolute Gasteiger partial charge is 0.352 e. The summed E-state index contributed by atoms with van der Waals surface area (Å²) in [6, 6.07) is 6.14. The fourth-order valence-electron chi connectivity index (χ4n) is 4.59. The average molecular weight is 462 g/mol. The Morgan fingerprint density at radius 1 is 1.12 bits per heavy atom. The Morgan fingerprint density at radius 2 is 1.75 bits per heavy atom. The number of piperidine rings is 1. The molecule has 2 aliphatic rings. The van der Waals surface area contributed by atoms with Crippen LogP contribution in [0.5, 0.6) is 0 Å². The summed E-state index contributed by atoms with van der Waals surface area (Å²) in [6.45, 7) is 6.67. The minimum Gasteiger partial charge on any atom is -0.352 e. The number of hydrogen-bond donors (Lipinski definition) is 2. The molecular formula is C24H35N3O4S. The number of amides is 2. The van der Waals surface area contributed by atoms with Crippen LogP contribution < -0.4 is 10.6 Å². The van der Waals surface area contributed by atoms with Crippen molar-refractivity contribution >= 4 is 21.8 Å². The van der Waals surface area contributed by atoms with Crippen molar-refractivity contribution in [1.29, 1.82) is 0 Å². The maximum absolute atomic E-state index is 13.0. The third kappa shape index (κ3) is 6.19. The summed E-state index contributed by atoms with van der Waals surface area (Å²) in [5, 5.41) is 5.85. The third-order valence-corrected chi connectivity index (χ3v) is 8.67. The highest BCUT2D eigenvalue weighted by atomic mass is 32.2.